The largest absolute Gasteiger partial charge is 0.484 e. The molecule has 0 bridgehead atoms. The van der Waals surface area contributed by atoms with Crippen LogP contribution in [0.2, 0.25) is 10.0 Å². The Morgan fingerprint density at radius 2 is 1.52 bits per heavy atom. The topological polar surface area (TPSA) is 76.7 Å². The Kier molecular flexibility index (Phi) is 6.85. The number of rotatable bonds is 6. The fourth-order valence-corrected chi connectivity index (χ4v) is 2.09. The standard InChI is InChI=1S/C16H13Cl2FN2O4/c17-10-1-6-14(13(18)7-10)25-9-16(23)21-20-15(22)8-24-12-4-2-11(19)3-5-12/h1-7H,8-9H2,(H,20,22)(H,21,23). The molecule has 6 nitrogen and oxygen atoms in total. The van der Waals surface area contributed by atoms with Gasteiger partial charge in [-0.3, -0.25) is 20.4 Å². The van der Waals surface area contributed by atoms with Gasteiger partial charge in [0, 0.05) is 5.02 Å². The highest BCUT2D eigenvalue weighted by atomic mass is 35.5. The van der Waals surface area contributed by atoms with Crippen LogP contribution in [-0.4, -0.2) is 25.0 Å². The fourth-order valence-electron chi connectivity index (χ4n) is 1.63. The molecule has 2 aromatic carbocycles. The van der Waals surface area contributed by atoms with E-state index in [4.69, 9.17) is 32.7 Å². The number of nitrogens with one attached hydrogen (secondary N) is 2. The molecule has 0 saturated heterocycles. The number of hydrogen-bond donors (Lipinski definition) is 2. The Morgan fingerprint density at radius 1 is 0.920 bits per heavy atom. The molecule has 2 amide bonds. The zero-order chi connectivity index (χ0) is 18.2. The number of benzene rings is 2. The molecule has 0 aromatic heterocycles. The van der Waals surface area contributed by atoms with Crippen molar-refractivity contribution in [2.75, 3.05) is 13.2 Å². The van der Waals surface area contributed by atoms with Crippen molar-refractivity contribution in [1.29, 1.82) is 0 Å². The van der Waals surface area contributed by atoms with Crippen molar-refractivity contribution in [2.45, 2.75) is 0 Å². The van der Waals surface area contributed by atoms with Gasteiger partial charge >= 0.3 is 0 Å². The lowest BCUT2D eigenvalue weighted by atomic mass is 10.3. The van der Waals surface area contributed by atoms with E-state index in [9.17, 15) is 14.0 Å². The minimum absolute atomic E-state index is 0.261. The normalized spacial score (nSPS) is 10.0. The molecule has 0 aliphatic heterocycles. The summed E-state index contributed by atoms with van der Waals surface area (Å²) in [4.78, 5) is 23.2. The van der Waals surface area contributed by atoms with Gasteiger partial charge in [-0.05, 0) is 42.5 Å². The average molecular weight is 387 g/mol. The second-order valence-corrected chi connectivity index (χ2v) is 5.55. The maximum absolute atomic E-state index is 12.7. The lowest BCUT2D eigenvalue weighted by Gasteiger charge is -2.10. The van der Waals surface area contributed by atoms with Crippen molar-refractivity contribution >= 4 is 35.0 Å². The highest BCUT2D eigenvalue weighted by Crippen LogP contribution is 2.27. The van der Waals surface area contributed by atoms with Crippen molar-refractivity contribution in [2.24, 2.45) is 0 Å². The molecule has 0 fully saturated rings. The molecule has 0 saturated carbocycles. The first-order valence-corrected chi connectivity index (χ1v) is 7.73. The first-order chi connectivity index (χ1) is 11.9. The van der Waals surface area contributed by atoms with Gasteiger partial charge in [0.1, 0.15) is 17.3 Å². The van der Waals surface area contributed by atoms with Crippen LogP contribution in [0.15, 0.2) is 42.5 Å². The van der Waals surface area contributed by atoms with E-state index in [-0.39, 0.29) is 24.0 Å². The van der Waals surface area contributed by atoms with Crippen LogP contribution in [0.4, 0.5) is 4.39 Å². The van der Waals surface area contributed by atoms with Gasteiger partial charge in [0.15, 0.2) is 13.2 Å². The molecule has 9 heteroatoms. The molecule has 2 N–H and O–H groups in total. The predicted molar refractivity (Wildman–Crippen MR) is 90.1 cm³/mol. The number of hydrogen-bond acceptors (Lipinski definition) is 4. The molecule has 0 heterocycles. The van der Waals surface area contributed by atoms with E-state index in [1.54, 1.807) is 6.07 Å². The van der Waals surface area contributed by atoms with Gasteiger partial charge < -0.3 is 9.47 Å². The first kappa shape index (κ1) is 18.8. The van der Waals surface area contributed by atoms with Crippen LogP contribution in [0.3, 0.4) is 0 Å². The van der Waals surface area contributed by atoms with Crippen LogP contribution in [0.1, 0.15) is 0 Å². The van der Waals surface area contributed by atoms with Gasteiger partial charge in [0.25, 0.3) is 11.8 Å². The summed E-state index contributed by atoms with van der Waals surface area (Å²) in [6.07, 6.45) is 0. The molecule has 0 aliphatic rings. The summed E-state index contributed by atoms with van der Waals surface area (Å²) in [6, 6.07) is 9.73. The molecule has 2 rings (SSSR count). The molecule has 25 heavy (non-hydrogen) atoms. The molecule has 132 valence electrons. The summed E-state index contributed by atoms with van der Waals surface area (Å²) in [5.41, 5.74) is 4.31. The fraction of sp³-hybridized carbons (Fsp3) is 0.125. The number of hydrazine groups is 1. The van der Waals surface area contributed by atoms with Gasteiger partial charge in [0.2, 0.25) is 0 Å². The van der Waals surface area contributed by atoms with Gasteiger partial charge in [-0.2, -0.15) is 0 Å². The molecular weight excluding hydrogens is 374 g/mol. The summed E-state index contributed by atoms with van der Waals surface area (Å²) in [6.45, 7) is -0.712. The first-order valence-electron chi connectivity index (χ1n) is 6.98. The van der Waals surface area contributed by atoms with Crippen LogP contribution < -0.4 is 20.3 Å². The highest BCUT2D eigenvalue weighted by molar-refractivity contribution is 6.35. The molecule has 0 unspecified atom stereocenters. The van der Waals surface area contributed by atoms with E-state index in [2.05, 4.69) is 10.9 Å². The summed E-state index contributed by atoms with van der Waals surface area (Å²) >= 11 is 11.6. The van der Waals surface area contributed by atoms with Crippen molar-refractivity contribution in [3.05, 3.63) is 58.3 Å². The van der Waals surface area contributed by atoms with E-state index in [1.165, 1.54) is 36.4 Å². The number of carbonyl (C=O) groups is 2. The van der Waals surface area contributed by atoms with Gasteiger partial charge in [-0.1, -0.05) is 23.2 Å². The van der Waals surface area contributed by atoms with Gasteiger partial charge in [-0.15, -0.1) is 0 Å². The second kappa shape index (κ2) is 9.10. The third-order valence-corrected chi connectivity index (χ3v) is 3.31. The van der Waals surface area contributed by atoms with E-state index in [0.29, 0.717) is 10.8 Å². The van der Waals surface area contributed by atoms with Crippen molar-refractivity contribution in [3.63, 3.8) is 0 Å². The predicted octanol–water partition coefficient (Wildman–Crippen LogP) is 2.74. The molecule has 0 atom stereocenters. The zero-order valence-electron chi connectivity index (χ0n) is 12.7. The molecule has 0 radical (unpaired) electrons. The van der Waals surface area contributed by atoms with Crippen LogP contribution in [0, 0.1) is 5.82 Å². The molecule has 2 aromatic rings. The van der Waals surface area contributed by atoms with Crippen molar-refractivity contribution in [3.8, 4) is 11.5 Å². The van der Waals surface area contributed by atoms with Crippen molar-refractivity contribution in [1.82, 2.24) is 10.9 Å². The number of carbonyl (C=O) groups excluding carboxylic acids is 2. The monoisotopic (exact) mass is 386 g/mol. The Labute approximate surface area is 152 Å². The van der Waals surface area contributed by atoms with E-state index < -0.39 is 17.6 Å². The Balaban J connectivity index is 1.68. The average Bonchev–Trinajstić information content (AvgIpc) is 2.58. The number of amides is 2. The molecular formula is C16H13Cl2FN2O4. The maximum Gasteiger partial charge on any atom is 0.276 e. The third-order valence-electron chi connectivity index (χ3n) is 2.78. The molecule has 0 aliphatic carbocycles. The van der Waals surface area contributed by atoms with Crippen LogP contribution >= 0.6 is 23.2 Å². The Morgan fingerprint density at radius 3 is 2.12 bits per heavy atom. The van der Waals surface area contributed by atoms with Crippen LogP contribution in [0.5, 0.6) is 11.5 Å². The quantitative estimate of drug-likeness (QED) is 0.748. The second-order valence-electron chi connectivity index (χ2n) is 4.70. The zero-order valence-corrected chi connectivity index (χ0v) is 14.2. The Hall–Kier alpha value is -2.51. The highest BCUT2D eigenvalue weighted by Gasteiger charge is 2.08. The van der Waals surface area contributed by atoms with Gasteiger partial charge in [0.05, 0.1) is 5.02 Å². The molecule has 0 spiro atoms. The number of halogens is 3. The lowest BCUT2D eigenvalue weighted by molar-refractivity contribution is -0.131. The minimum atomic E-state index is -0.596. The summed E-state index contributed by atoms with van der Waals surface area (Å²) in [5, 5.41) is 0.701. The van der Waals surface area contributed by atoms with E-state index in [1.807, 2.05) is 0 Å². The summed E-state index contributed by atoms with van der Waals surface area (Å²) in [5.74, 6) is -0.996. The SMILES string of the molecule is O=C(COc1ccc(F)cc1)NNC(=O)COc1ccc(Cl)cc1Cl. The van der Waals surface area contributed by atoms with Crippen LogP contribution in [0.25, 0.3) is 0 Å². The Bertz CT molecular complexity index is 756. The third kappa shape index (κ3) is 6.48. The lowest BCUT2D eigenvalue weighted by Crippen LogP contribution is -2.45. The van der Waals surface area contributed by atoms with E-state index >= 15 is 0 Å². The van der Waals surface area contributed by atoms with Crippen molar-refractivity contribution < 1.29 is 23.5 Å². The minimum Gasteiger partial charge on any atom is -0.484 e. The summed E-state index contributed by atoms with van der Waals surface area (Å²) in [7, 11) is 0. The smallest absolute Gasteiger partial charge is 0.276 e. The summed E-state index contributed by atoms with van der Waals surface area (Å²) < 4.78 is 23.1. The number of ether oxygens (including phenoxy) is 2. The van der Waals surface area contributed by atoms with Gasteiger partial charge in [-0.25, -0.2) is 4.39 Å². The van der Waals surface area contributed by atoms with Crippen LogP contribution in [-0.2, 0) is 9.59 Å². The van der Waals surface area contributed by atoms with E-state index in [0.717, 1.165) is 0 Å². The maximum atomic E-state index is 12.7.